The van der Waals surface area contributed by atoms with Gasteiger partial charge in [0.15, 0.2) is 5.96 Å². The van der Waals surface area contributed by atoms with E-state index in [4.69, 9.17) is 4.99 Å². The molecule has 2 aromatic heterocycles. The number of hydrogen-bond donors (Lipinski definition) is 2. The molecule has 0 saturated carbocycles. The van der Waals surface area contributed by atoms with Gasteiger partial charge in [-0.1, -0.05) is 50.2 Å². The van der Waals surface area contributed by atoms with Crippen LogP contribution in [0.2, 0.25) is 0 Å². The van der Waals surface area contributed by atoms with E-state index in [0.717, 1.165) is 44.4 Å². The average Bonchev–Trinajstić information content (AvgIpc) is 3.40. The molecule has 0 bridgehead atoms. The van der Waals surface area contributed by atoms with E-state index >= 15 is 0 Å². The highest BCUT2D eigenvalue weighted by molar-refractivity contribution is 7.10. The Morgan fingerprint density at radius 2 is 1.97 bits per heavy atom. The van der Waals surface area contributed by atoms with Crippen LogP contribution in [0.25, 0.3) is 0 Å². The minimum absolute atomic E-state index is 0.0302. The van der Waals surface area contributed by atoms with Gasteiger partial charge >= 0.3 is 0 Å². The van der Waals surface area contributed by atoms with E-state index in [1.165, 1.54) is 10.4 Å². The first-order valence-corrected chi connectivity index (χ1v) is 11.1. The van der Waals surface area contributed by atoms with Gasteiger partial charge in [0.25, 0.3) is 0 Å². The number of nitrogens with zero attached hydrogens (tertiary/aromatic N) is 3. The van der Waals surface area contributed by atoms with Crippen LogP contribution in [-0.4, -0.2) is 35.1 Å². The van der Waals surface area contributed by atoms with Crippen molar-refractivity contribution in [3.63, 3.8) is 0 Å². The zero-order chi connectivity index (χ0) is 20.5. The summed E-state index contributed by atoms with van der Waals surface area (Å²) in [6, 6.07) is 14.8. The monoisotopic (exact) mass is 409 g/mol. The summed E-state index contributed by atoms with van der Waals surface area (Å²) in [7, 11) is 0. The van der Waals surface area contributed by atoms with Crippen LogP contribution >= 0.6 is 11.3 Å². The van der Waals surface area contributed by atoms with Crippen molar-refractivity contribution < 1.29 is 0 Å². The number of guanidine groups is 1. The van der Waals surface area contributed by atoms with E-state index in [9.17, 15) is 0 Å². The topological polar surface area (TPSA) is 54.2 Å². The number of nitrogens with one attached hydrogen (secondary N) is 2. The second-order valence-electron chi connectivity index (χ2n) is 7.69. The first kappa shape index (κ1) is 21.1. The molecule has 1 aromatic carbocycles. The molecular formula is C23H31N5S. The number of aromatic nitrogens is 2. The van der Waals surface area contributed by atoms with E-state index in [1.54, 1.807) is 11.3 Å². The molecule has 29 heavy (non-hydrogen) atoms. The standard InChI is InChI=1S/C23H31N5S/c1-4-24-22(27-18-23(2,3)20-11-8-16-29-20)26-13-12-21-25-14-15-28(21)17-19-9-6-5-7-10-19/h5-11,14-16H,4,12-13,17-18H2,1-3H3,(H2,24,26,27). The molecule has 0 aliphatic carbocycles. The number of thiophene rings is 1. The lowest BCUT2D eigenvalue weighted by atomic mass is 9.92. The molecule has 0 radical (unpaired) electrons. The summed E-state index contributed by atoms with van der Waals surface area (Å²) in [6.07, 6.45) is 4.77. The molecule has 0 unspecified atom stereocenters. The lowest BCUT2D eigenvalue weighted by Gasteiger charge is -2.22. The molecule has 5 nitrogen and oxygen atoms in total. The van der Waals surface area contributed by atoms with E-state index < -0.39 is 0 Å². The summed E-state index contributed by atoms with van der Waals surface area (Å²) in [4.78, 5) is 10.7. The number of imidazole rings is 1. The quantitative estimate of drug-likeness (QED) is 0.414. The van der Waals surface area contributed by atoms with Crippen LogP contribution in [0.1, 0.15) is 37.0 Å². The Morgan fingerprint density at radius 1 is 1.14 bits per heavy atom. The Labute approximate surface area is 177 Å². The van der Waals surface area contributed by atoms with Crippen molar-refractivity contribution >= 4 is 17.3 Å². The van der Waals surface area contributed by atoms with Gasteiger partial charge in [0.1, 0.15) is 5.82 Å². The molecule has 0 saturated heterocycles. The van der Waals surface area contributed by atoms with Gasteiger partial charge in [0, 0.05) is 48.7 Å². The molecule has 0 amide bonds. The Balaban J connectivity index is 1.55. The molecule has 0 aliphatic heterocycles. The molecule has 0 fully saturated rings. The first-order chi connectivity index (χ1) is 14.1. The smallest absolute Gasteiger partial charge is 0.191 e. The van der Waals surface area contributed by atoms with E-state index in [0.29, 0.717) is 0 Å². The van der Waals surface area contributed by atoms with Crippen molar-refractivity contribution in [2.75, 3.05) is 19.6 Å². The number of hydrogen-bond acceptors (Lipinski definition) is 3. The Hall–Kier alpha value is -2.60. The largest absolute Gasteiger partial charge is 0.357 e. The molecule has 154 valence electrons. The molecule has 2 N–H and O–H groups in total. The third-order valence-electron chi connectivity index (χ3n) is 4.80. The third-order valence-corrected chi connectivity index (χ3v) is 6.04. The predicted octanol–water partition coefficient (Wildman–Crippen LogP) is 4.07. The van der Waals surface area contributed by atoms with Crippen molar-refractivity contribution in [3.8, 4) is 0 Å². The van der Waals surface area contributed by atoms with E-state index in [2.05, 4.69) is 82.7 Å². The first-order valence-electron chi connectivity index (χ1n) is 10.2. The van der Waals surface area contributed by atoms with Gasteiger partial charge in [-0.15, -0.1) is 11.3 Å². The van der Waals surface area contributed by atoms with Gasteiger partial charge in [-0.25, -0.2) is 4.98 Å². The Kier molecular flexibility index (Phi) is 7.47. The predicted molar refractivity (Wildman–Crippen MR) is 123 cm³/mol. The lowest BCUT2D eigenvalue weighted by Crippen LogP contribution is -2.39. The van der Waals surface area contributed by atoms with E-state index in [-0.39, 0.29) is 5.41 Å². The Morgan fingerprint density at radius 3 is 2.69 bits per heavy atom. The number of rotatable bonds is 9. The van der Waals surface area contributed by atoms with Gasteiger partial charge in [0.05, 0.1) is 6.54 Å². The second-order valence-corrected chi connectivity index (χ2v) is 8.64. The number of benzene rings is 1. The number of aliphatic imine (C=N–C) groups is 1. The van der Waals surface area contributed by atoms with Gasteiger partial charge in [-0.3, -0.25) is 4.99 Å². The fraction of sp³-hybridized carbons (Fsp3) is 0.391. The van der Waals surface area contributed by atoms with Crippen LogP contribution in [0.15, 0.2) is 65.2 Å². The highest BCUT2D eigenvalue weighted by atomic mass is 32.1. The van der Waals surface area contributed by atoms with Crippen molar-refractivity contribution in [1.29, 1.82) is 0 Å². The fourth-order valence-electron chi connectivity index (χ4n) is 3.15. The maximum atomic E-state index is 4.82. The van der Waals surface area contributed by atoms with E-state index in [1.807, 2.05) is 18.5 Å². The minimum atomic E-state index is 0.0302. The van der Waals surface area contributed by atoms with Crippen LogP contribution < -0.4 is 10.6 Å². The second kappa shape index (κ2) is 10.3. The Bertz CT molecular complexity index is 881. The molecule has 6 heteroatoms. The molecule has 0 spiro atoms. The van der Waals surface area contributed by atoms with Crippen molar-refractivity contribution in [2.24, 2.45) is 4.99 Å². The molecular weight excluding hydrogens is 378 g/mol. The van der Waals surface area contributed by atoms with Crippen molar-refractivity contribution in [3.05, 3.63) is 76.5 Å². The molecule has 2 heterocycles. The normalized spacial score (nSPS) is 12.2. The minimum Gasteiger partial charge on any atom is -0.357 e. The molecule has 3 rings (SSSR count). The highest BCUT2D eigenvalue weighted by Gasteiger charge is 2.21. The third kappa shape index (κ3) is 6.19. The van der Waals surface area contributed by atoms with Crippen molar-refractivity contribution in [1.82, 2.24) is 20.2 Å². The molecule has 0 atom stereocenters. The lowest BCUT2D eigenvalue weighted by molar-refractivity contribution is 0.548. The van der Waals surface area contributed by atoms with Gasteiger partial charge in [0.2, 0.25) is 0 Å². The zero-order valence-electron chi connectivity index (χ0n) is 17.6. The van der Waals surface area contributed by atoms with Gasteiger partial charge in [-0.05, 0) is 23.9 Å². The summed E-state index contributed by atoms with van der Waals surface area (Å²) in [5, 5.41) is 8.93. The van der Waals surface area contributed by atoms with Crippen LogP contribution in [0.3, 0.4) is 0 Å². The maximum absolute atomic E-state index is 4.82. The fourth-order valence-corrected chi connectivity index (χ4v) is 3.99. The summed E-state index contributed by atoms with van der Waals surface area (Å²) >= 11 is 1.79. The van der Waals surface area contributed by atoms with Crippen LogP contribution in [-0.2, 0) is 18.4 Å². The van der Waals surface area contributed by atoms with Gasteiger partial charge < -0.3 is 15.2 Å². The highest BCUT2D eigenvalue weighted by Crippen LogP contribution is 2.27. The average molecular weight is 410 g/mol. The summed E-state index contributed by atoms with van der Waals surface area (Å²) < 4.78 is 2.21. The summed E-state index contributed by atoms with van der Waals surface area (Å²) in [5.74, 6) is 1.94. The molecule has 3 aromatic rings. The van der Waals surface area contributed by atoms with Gasteiger partial charge in [-0.2, -0.15) is 0 Å². The molecule has 0 aliphatic rings. The zero-order valence-corrected chi connectivity index (χ0v) is 18.4. The maximum Gasteiger partial charge on any atom is 0.191 e. The van der Waals surface area contributed by atoms with Crippen molar-refractivity contribution in [2.45, 2.75) is 39.2 Å². The van der Waals surface area contributed by atoms with Crippen LogP contribution in [0.5, 0.6) is 0 Å². The van der Waals surface area contributed by atoms with Crippen LogP contribution in [0.4, 0.5) is 0 Å². The summed E-state index contributed by atoms with van der Waals surface area (Å²) in [6.45, 7) is 9.79. The SMILES string of the molecule is CCNC(=NCC(C)(C)c1cccs1)NCCc1nccn1Cc1ccccc1. The van der Waals surface area contributed by atoms with Crippen LogP contribution in [0, 0.1) is 0 Å². The summed E-state index contributed by atoms with van der Waals surface area (Å²) in [5.41, 5.74) is 1.31.